The van der Waals surface area contributed by atoms with E-state index >= 15 is 0 Å². The first-order valence-corrected chi connectivity index (χ1v) is 7.60. The molecule has 0 aliphatic heterocycles. The number of hydrogen-bond acceptors (Lipinski definition) is 3. The van der Waals surface area contributed by atoms with Crippen LogP contribution in [-0.4, -0.2) is 21.1 Å². The van der Waals surface area contributed by atoms with E-state index in [1.54, 1.807) is 12.1 Å². The number of primary amides is 1. The molecular formula is C18H17FN4O. The smallest absolute Gasteiger partial charge is 0.218 e. The lowest BCUT2D eigenvalue weighted by atomic mass is 9.95. The van der Waals surface area contributed by atoms with Gasteiger partial charge in [-0.3, -0.25) is 9.89 Å². The predicted molar refractivity (Wildman–Crippen MR) is 87.7 cm³/mol. The molecule has 3 aromatic rings. The van der Waals surface area contributed by atoms with Crippen LogP contribution in [0, 0.1) is 5.82 Å². The normalized spacial score (nSPS) is 12.0. The van der Waals surface area contributed by atoms with Crippen LogP contribution in [0.15, 0.2) is 54.6 Å². The Hall–Kier alpha value is -3.02. The van der Waals surface area contributed by atoms with Gasteiger partial charge in [0.25, 0.3) is 0 Å². The summed E-state index contributed by atoms with van der Waals surface area (Å²) in [6.45, 7) is 0. The molecule has 3 rings (SSSR count). The van der Waals surface area contributed by atoms with Crippen LogP contribution in [0.1, 0.15) is 35.1 Å². The van der Waals surface area contributed by atoms with Gasteiger partial charge in [0.2, 0.25) is 5.91 Å². The van der Waals surface area contributed by atoms with Gasteiger partial charge in [0, 0.05) is 12.8 Å². The average molecular weight is 324 g/mol. The quantitative estimate of drug-likeness (QED) is 0.731. The van der Waals surface area contributed by atoms with E-state index in [2.05, 4.69) is 15.2 Å². The molecule has 0 radical (unpaired) electrons. The van der Waals surface area contributed by atoms with Crippen LogP contribution in [0.25, 0.3) is 0 Å². The molecule has 1 amide bonds. The fraction of sp³-hybridized carbons (Fsp3) is 0.167. The molecule has 6 heteroatoms. The number of aromatic nitrogens is 3. The van der Waals surface area contributed by atoms with Gasteiger partial charge in [-0.1, -0.05) is 42.5 Å². The lowest BCUT2D eigenvalue weighted by molar-refractivity contribution is -0.118. The summed E-state index contributed by atoms with van der Waals surface area (Å²) in [6, 6.07) is 15.8. The Balaban J connectivity index is 1.83. The Bertz CT molecular complexity index is 815. The Kier molecular flexibility index (Phi) is 4.65. The van der Waals surface area contributed by atoms with Gasteiger partial charge in [-0.05, 0) is 23.3 Å². The summed E-state index contributed by atoms with van der Waals surface area (Å²) >= 11 is 0. The maximum atomic E-state index is 13.0. The van der Waals surface area contributed by atoms with Crippen molar-refractivity contribution in [1.82, 2.24) is 15.2 Å². The van der Waals surface area contributed by atoms with Crippen molar-refractivity contribution in [3.63, 3.8) is 0 Å². The Labute approximate surface area is 138 Å². The summed E-state index contributed by atoms with van der Waals surface area (Å²) in [5.41, 5.74) is 7.23. The van der Waals surface area contributed by atoms with Gasteiger partial charge in [0.05, 0.1) is 5.92 Å². The van der Waals surface area contributed by atoms with Crippen molar-refractivity contribution in [3.8, 4) is 0 Å². The summed E-state index contributed by atoms with van der Waals surface area (Å²) in [5.74, 6) is 0.234. The van der Waals surface area contributed by atoms with Crippen molar-refractivity contribution < 1.29 is 9.18 Å². The molecule has 0 saturated carbocycles. The molecule has 0 saturated heterocycles. The van der Waals surface area contributed by atoms with Crippen molar-refractivity contribution in [1.29, 1.82) is 0 Å². The third kappa shape index (κ3) is 3.84. The van der Waals surface area contributed by atoms with Crippen molar-refractivity contribution >= 4 is 5.91 Å². The van der Waals surface area contributed by atoms with Gasteiger partial charge >= 0.3 is 0 Å². The Morgan fingerprint density at radius 2 is 1.83 bits per heavy atom. The van der Waals surface area contributed by atoms with Crippen LogP contribution in [0.4, 0.5) is 4.39 Å². The summed E-state index contributed by atoms with van der Waals surface area (Å²) < 4.78 is 13.0. The lowest BCUT2D eigenvalue weighted by Crippen LogP contribution is -2.17. The maximum absolute atomic E-state index is 13.0. The minimum atomic E-state index is -0.402. The number of hydrogen-bond donors (Lipinski definition) is 2. The van der Waals surface area contributed by atoms with Crippen LogP contribution in [-0.2, 0) is 11.2 Å². The topological polar surface area (TPSA) is 84.7 Å². The monoisotopic (exact) mass is 324 g/mol. The predicted octanol–water partition coefficient (Wildman–Crippen LogP) is 2.54. The lowest BCUT2D eigenvalue weighted by Gasteiger charge is -2.12. The zero-order chi connectivity index (χ0) is 16.9. The number of carbonyl (C=O) groups is 1. The largest absolute Gasteiger partial charge is 0.370 e. The van der Waals surface area contributed by atoms with E-state index in [0.29, 0.717) is 18.1 Å². The van der Waals surface area contributed by atoms with E-state index in [0.717, 1.165) is 11.1 Å². The van der Waals surface area contributed by atoms with E-state index in [1.165, 1.54) is 12.1 Å². The first-order chi connectivity index (χ1) is 11.6. The standard InChI is InChI=1S/C18H17FN4O/c19-14-8-6-12(7-9-14)10-17-21-18(23-22-17)15(11-16(20)24)13-4-2-1-3-5-13/h1-9,15H,10-11H2,(H2,20,24)(H,21,22,23)/t15-/m1/s1. The number of halogens is 1. The van der Waals surface area contributed by atoms with E-state index < -0.39 is 5.91 Å². The van der Waals surface area contributed by atoms with E-state index in [-0.39, 0.29) is 18.2 Å². The molecule has 0 unspecified atom stereocenters. The minimum absolute atomic E-state index is 0.148. The van der Waals surface area contributed by atoms with Gasteiger partial charge in [0.15, 0.2) is 5.82 Å². The molecule has 0 aliphatic rings. The highest BCUT2D eigenvalue weighted by Crippen LogP contribution is 2.25. The van der Waals surface area contributed by atoms with Crippen LogP contribution in [0.3, 0.4) is 0 Å². The maximum Gasteiger partial charge on any atom is 0.218 e. The van der Waals surface area contributed by atoms with Crippen LogP contribution in [0.2, 0.25) is 0 Å². The minimum Gasteiger partial charge on any atom is -0.370 e. The van der Waals surface area contributed by atoms with E-state index in [9.17, 15) is 9.18 Å². The molecule has 122 valence electrons. The zero-order valence-corrected chi connectivity index (χ0v) is 12.9. The second-order valence-corrected chi connectivity index (χ2v) is 5.57. The molecule has 1 atom stereocenters. The second kappa shape index (κ2) is 7.04. The molecule has 24 heavy (non-hydrogen) atoms. The fourth-order valence-electron chi connectivity index (χ4n) is 2.59. The number of aromatic amines is 1. The number of H-pyrrole nitrogens is 1. The van der Waals surface area contributed by atoms with Gasteiger partial charge in [-0.25, -0.2) is 9.37 Å². The Morgan fingerprint density at radius 3 is 2.50 bits per heavy atom. The SMILES string of the molecule is NC(=O)C[C@H](c1ccccc1)c1nc(Cc2ccc(F)cc2)n[nH]1. The number of amides is 1. The van der Waals surface area contributed by atoms with Crippen LogP contribution < -0.4 is 5.73 Å². The number of nitrogens with two attached hydrogens (primary N) is 1. The summed E-state index contributed by atoms with van der Waals surface area (Å²) in [6.07, 6.45) is 0.629. The second-order valence-electron chi connectivity index (χ2n) is 5.57. The molecular weight excluding hydrogens is 307 g/mol. The van der Waals surface area contributed by atoms with Gasteiger partial charge in [0.1, 0.15) is 11.6 Å². The number of nitrogens with one attached hydrogen (secondary N) is 1. The van der Waals surface area contributed by atoms with Crippen LogP contribution >= 0.6 is 0 Å². The first-order valence-electron chi connectivity index (χ1n) is 7.60. The number of carbonyl (C=O) groups excluding carboxylic acids is 1. The highest BCUT2D eigenvalue weighted by Gasteiger charge is 2.20. The molecule has 0 aliphatic carbocycles. The first kappa shape index (κ1) is 15.9. The zero-order valence-electron chi connectivity index (χ0n) is 12.9. The summed E-state index contributed by atoms with van der Waals surface area (Å²) in [7, 11) is 0. The fourth-order valence-corrected chi connectivity index (χ4v) is 2.59. The van der Waals surface area contributed by atoms with E-state index in [1.807, 2.05) is 30.3 Å². The molecule has 1 aromatic heterocycles. The van der Waals surface area contributed by atoms with Crippen LogP contribution in [0.5, 0.6) is 0 Å². The summed E-state index contributed by atoms with van der Waals surface area (Å²) in [4.78, 5) is 15.9. The van der Waals surface area contributed by atoms with Crippen molar-refractivity contribution in [2.45, 2.75) is 18.8 Å². The number of rotatable bonds is 6. The molecule has 5 nitrogen and oxygen atoms in total. The van der Waals surface area contributed by atoms with Crippen molar-refractivity contribution in [2.75, 3.05) is 0 Å². The van der Waals surface area contributed by atoms with Gasteiger partial charge in [-0.15, -0.1) is 0 Å². The third-order valence-electron chi connectivity index (χ3n) is 3.76. The van der Waals surface area contributed by atoms with Crippen molar-refractivity contribution in [2.24, 2.45) is 5.73 Å². The molecule has 0 bridgehead atoms. The van der Waals surface area contributed by atoms with Gasteiger partial charge in [-0.2, -0.15) is 5.10 Å². The Morgan fingerprint density at radius 1 is 1.12 bits per heavy atom. The molecule has 0 spiro atoms. The highest BCUT2D eigenvalue weighted by molar-refractivity contribution is 5.75. The van der Waals surface area contributed by atoms with Gasteiger partial charge < -0.3 is 5.73 Å². The number of benzene rings is 2. The summed E-state index contributed by atoms with van der Waals surface area (Å²) in [5, 5.41) is 7.10. The number of nitrogens with zero attached hydrogens (tertiary/aromatic N) is 2. The highest BCUT2D eigenvalue weighted by atomic mass is 19.1. The molecule has 0 fully saturated rings. The molecule has 1 heterocycles. The van der Waals surface area contributed by atoms with Crippen molar-refractivity contribution in [3.05, 3.63) is 83.2 Å². The molecule has 2 aromatic carbocycles. The molecule has 3 N–H and O–H groups in total. The third-order valence-corrected chi connectivity index (χ3v) is 3.76. The van der Waals surface area contributed by atoms with E-state index in [4.69, 9.17) is 5.73 Å². The average Bonchev–Trinajstić information content (AvgIpc) is 3.04.